The highest BCUT2D eigenvalue weighted by Gasteiger charge is 2.15. The third kappa shape index (κ3) is 3.34. The summed E-state index contributed by atoms with van der Waals surface area (Å²) < 4.78 is 5.42. The standard InChI is InChI=1S/C15H21NO/c1-13(2)12-15(14-6-4-3-5-7-14)16-8-10-17-11-9-16/h3-7,12-13H,8-11H2,1-2H3/b15-12+. The molecule has 0 aliphatic carbocycles. The zero-order valence-electron chi connectivity index (χ0n) is 10.7. The minimum absolute atomic E-state index is 0.563. The number of hydrogen-bond donors (Lipinski definition) is 0. The van der Waals surface area contributed by atoms with E-state index in [1.54, 1.807) is 0 Å². The summed E-state index contributed by atoms with van der Waals surface area (Å²) in [5, 5.41) is 0. The molecule has 0 saturated carbocycles. The van der Waals surface area contributed by atoms with E-state index in [-0.39, 0.29) is 0 Å². The van der Waals surface area contributed by atoms with Gasteiger partial charge in [-0.05, 0) is 11.5 Å². The molecule has 0 radical (unpaired) electrons. The Labute approximate surface area is 104 Å². The molecule has 1 aromatic carbocycles. The average Bonchev–Trinajstić information content (AvgIpc) is 2.38. The van der Waals surface area contributed by atoms with Gasteiger partial charge in [-0.1, -0.05) is 50.3 Å². The third-order valence-corrected chi connectivity index (χ3v) is 2.91. The van der Waals surface area contributed by atoms with Gasteiger partial charge in [-0.2, -0.15) is 0 Å². The monoisotopic (exact) mass is 231 g/mol. The lowest BCUT2D eigenvalue weighted by Gasteiger charge is -2.31. The Morgan fingerprint density at radius 2 is 1.82 bits per heavy atom. The van der Waals surface area contributed by atoms with Gasteiger partial charge in [0.2, 0.25) is 0 Å². The first-order valence-electron chi connectivity index (χ1n) is 6.37. The van der Waals surface area contributed by atoms with E-state index in [1.165, 1.54) is 11.3 Å². The number of allylic oxidation sites excluding steroid dienone is 1. The summed E-state index contributed by atoms with van der Waals surface area (Å²) in [4.78, 5) is 2.43. The molecule has 1 saturated heterocycles. The molecule has 17 heavy (non-hydrogen) atoms. The fourth-order valence-electron chi connectivity index (χ4n) is 2.11. The molecular weight excluding hydrogens is 210 g/mol. The highest BCUT2D eigenvalue weighted by molar-refractivity contribution is 5.64. The van der Waals surface area contributed by atoms with Crippen LogP contribution in [0.5, 0.6) is 0 Å². The van der Waals surface area contributed by atoms with Crippen LogP contribution in [0.1, 0.15) is 19.4 Å². The molecule has 1 aromatic rings. The van der Waals surface area contributed by atoms with Crippen LogP contribution in [0.2, 0.25) is 0 Å². The van der Waals surface area contributed by atoms with E-state index >= 15 is 0 Å². The van der Waals surface area contributed by atoms with Gasteiger partial charge in [0.1, 0.15) is 0 Å². The summed E-state index contributed by atoms with van der Waals surface area (Å²) >= 11 is 0. The van der Waals surface area contributed by atoms with Gasteiger partial charge in [0.05, 0.1) is 13.2 Å². The fourth-order valence-corrected chi connectivity index (χ4v) is 2.11. The number of hydrogen-bond acceptors (Lipinski definition) is 2. The number of rotatable bonds is 3. The second kappa shape index (κ2) is 5.87. The molecule has 2 nitrogen and oxygen atoms in total. The summed E-state index contributed by atoms with van der Waals surface area (Å²) in [6.45, 7) is 8.11. The number of morpholine rings is 1. The van der Waals surface area contributed by atoms with Crippen LogP contribution < -0.4 is 0 Å². The van der Waals surface area contributed by atoms with Crippen molar-refractivity contribution >= 4 is 5.70 Å². The molecule has 0 bridgehead atoms. The normalized spacial score (nSPS) is 17.6. The molecule has 1 aliphatic heterocycles. The van der Waals surface area contributed by atoms with Crippen molar-refractivity contribution in [3.63, 3.8) is 0 Å². The Kier molecular flexibility index (Phi) is 4.21. The lowest BCUT2D eigenvalue weighted by molar-refractivity contribution is 0.0638. The molecule has 0 aromatic heterocycles. The van der Waals surface area contributed by atoms with Gasteiger partial charge in [-0.15, -0.1) is 0 Å². The van der Waals surface area contributed by atoms with Gasteiger partial charge in [-0.25, -0.2) is 0 Å². The summed E-state index contributed by atoms with van der Waals surface area (Å²) in [6.07, 6.45) is 2.35. The van der Waals surface area contributed by atoms with E-state index in [4.69, 9.17) is 4.74 Å². The van der Waals surface area contributed by atoms with Crippen LogP contribution in [0, 0.1) is 5.92 Å². The summed E-state index contributed by atoms with van der Waals surface area (Å²) in [7, 11) is 0. The van der Waals surface area contributed by atoms with Crippen molar-refractivity contribution in [3.8, 4) is 0 Å². The predicted octanol–water partition coefficient (Wildman–Crippen LogP) is 3.02. The van der Waals surface area contributed by atoms with Gasteiger partial charge >= 0.3 is 0 Å². The molecule has 1 heterocycles. The van der Waals surface area contributed by atoms with Crippen molar-refractivity contribution < 1.29 is 4.74 Å². The number of ether oxygens (including phenoxy) is 1. The second-order valence-corrected chi connectivity index (χ2v) is 4.76. The van der Waals surface area contributed by atoms with Crippen LogP contribution >= 0.6 is 0 Å². The molecule has 1 fully saturated rings. The molecular formula is C15H21NO. The van der Waals surface area contributed by atoms with Crippen LogP contribution in [0.25, 0.3) is 5.70 Å². The van der Waals surface area contributed by atoms with Gasteiger partial charge in [0.25, 0.3) is 0 Å². The van der Waals surface area contributed by atoms with E-state index in [0.717, 1.165) is 26.3 Å². The zero-order valence-corrected chi connectivity index (χ0v) is 10.7. The average molecular weight is 231 g/mol. The lowest BCUT2D eigenvalue weighted by Crippen LogP contribution is -2.35. The lowest BCUT2D eigenvalue weighted by atomic mass is 10.1. The van der Waals surface area contributed by atoms with Crippen molar-refractivity contribution in [2.75, 3.05) is 26.3 Å². The maximum atomic E-state index is 5.42. The van der Waals surface area contributed by atoms with E-state index < -0.39 is 0 Å². The Morgan fingerprint density at radius 3 is 2.41 bits per heavy atom. The minimum Gasteiger partial charge on any atom is -0.378 e. The molecule has 2 heteroatoms. The summed E-state index contributed by atoms with van der Waals surface area (Å²) in [5.41, 5.74) is 2.66. The first kappa shape index (κ1) is 12.2. The van der Waals surface area contributed by atoms with Gasteiger partial charge in [-0.3, -0.25) is 0 Å². The van der Waals surface area contributed by atoms with Crippen molar-refractivity contribution in [1.82, 2.24) is 4.90 Å². The fraction of sp³-hybridized carbons (Fsp3) is 0.467. The van der Waals surface area contributed by atoms with Crippen molar-refractivity contribution in [2.24, 2.45) is 5.92 Å². The molecule has 0 atom stereocenters. The van der Waals surface area contributed by atoms with Gasteiger partial charge in [0, 0.05) is 18.8 Å². The Hall–Kier alpha value is -1.28. The van der Waals surface area contributed by atoms with E-state index in [2.05, 4.69) is 55.2 Å². The van der Waals surface area contributed by atoms with Crippen molar-refractivity contribution in [1.29, 1.82) is 0 Å². The quantitative estimate of drug-likeness (QED) is 0.793. The second-order valence-electron chi connectivity index (χ2n) is 4.76. The molecule has 92 valence electrons. The highest BCUT2D eigenvalue weighted by atomic mass is 16.5. The predicted molar refractivity (Wildman–Crippen MR) is 71.6 cm³/mol. The number of benzene rings is 1. The molecule has 0 spiro atoms. The van der Waals surface area contributed by atoms with Crippen LogP contribution in [0.15, 0.2) is 36.4 Å². The van der Waals surface area contributed by atoms with E-state index in [1.807, 2.05) is 0 Å². The topological polar surface area (TPSA) is 12.5 Å². The molecule has 0 amide bonds. The molecule has 2 rings (SSSR count). The third-order valence-electron chi connectivity index (χ3n) is 2.91. The van der Waals surface area contributed by atoms with Gasteiger partial charge < -0.3 is 9.64 Å². The molecule has 0 N–H and O–H groups in total. The van der Waals surface area contributed by atoms with Gasteiger partial charge in [0.15, 0.2) is 0 Å². The van der Waals surface area contributed by atoms with Crippen LogP contribution in [-0.4, -0.2) is 31.2 Å². The SMILES string of the molecule is CC(C)/C=C(\c1ccccc1)N1CCOCC1. The Morgan fingerprint density at radius 1 is 1.18 bits per heavy atom. The summed E-state index contributed by atoms with van der Waals surface area (Å²) in [5.74, 6) is 0.563. The van der Waals surface area contributed by atoms with E-state index in [9.17, 15) is 0 Å². The first-order valence-corrected chi connectivity index (χ1v) is 6.37. The molecule has 0 unspecified atom stereocenters. The molecule has 1 aliphatic rings. The van der Waals surface area contributed by atoms with Crippen molar-refractivity contribution in [3.05, 3.63) is 42.0 Å². The largest absolute Gasteiger partial charge is 0.378 e. The van der Waals surface area contributed by atoms with Crippen LogP contribution in [0.3, 0.4) is 0 Å². The minimum atomic E-state index is 0.563. The maximum absolute atomic E-state index is 5.42. The van der Waals surface area contributed by atoms with Crippen molar-refractivity contribution in [2.45, 2.75) is 13.8 Å². The Bertz CT molecular complexity index is 364. The first-order chi connectivity index (χ1) is 8.27. The summed E-state index contributed by atoms with van der Waals surface area (Å²) in [6, 6.07) is 10.6. The smallest absolute Gasteiger partial charge is 0.0642 e. The maximum Gasteiger partial charge on any atom is 0.0642 e. The van der Waals surface area contributed by atoms with Crippen LogP contribution in [-0.2, 0) is 4.74 Å². The van der Waals surface area contributed by atoms with Crippen LogP contribution in [0.4, 0.5) is 0 Å². The highest BCUT2D eigenvalue weighted by Crippen LogP contribution is 2.22. The van der Waals surface area contributed by atoms with E-state index in [0.29, 0.717) is 5.92 Å². The zero-order chi connectivity index (χ0) is 12.1. The number of nitrogens with zero attached hydrogens (tertiary/aromatic N) is 1. The Balaban J connectivity index is 2.25.